The smallest absolute Gasteiger partial charge is 0.142 e. The minimum Gasteiger partial charge on any atom is -0.494 e. The maximum Gasteiger partial charge on any atom is 0.142 e. The summed E-state index contributed by atoms with van der Waals surface area (Å²) in [4.78, 5) is 14.0. The Kier molecular flexibility index (Phi) is 5.30. The summed E-state index contributed by atoms with van der Waals surface area (Å²) in [6.07, 6.45) is 0. The molecule has 1 saturated heterocycles. The van der Waals surface area contributed by atoms with Gasteiger partial charge >= 0.3 is 0 Å². The van der Waals surface area contributed by atoms with Crippen LogP contribution in [0, 0.1) is 6.92 Å². The number of nitrogens with one attached hydrogen (secondary N) is 1. The monoisotopic (exact) mass is 377 g/mol. The molecule has 6 heteroatoms. The van der Waals surface area contributed by atoms with E-state index in [1.807, 2.05) is 32.0 Å². The molecule has 28 heavy (non-hydrogen) atoms. The van der Waals surface area contributed by atoms with Crippen molar-refractivity contribution in [3.8, 4) is 5.75 Å². The van der Waals surface area contributed by atoms with Crippen LogP contribution in [0.4, 0.5) is 17.2 Å². The number of fused-ring (bicyclic) bond motifs is 1. The van der Waals surface area contributed by atoms with Crippen LogP contribution in [0.1, 0.15) is 12.7 Å². The largest absolute Gasteiger partial charge is 0.494 e. The number of aromatic nitrogens is 2. The number of anilines is 3. The van der Waals surface area contributed by atoms with E-state index in [9.17, 15) is 0 Å². The van der Waals surface area contributed by atoms with Gasteiger partial charge in [0.2, 0.25) is 0 Å². The molecule has 0 atom stereocenters. The van der Waals surface area contributed by atoms with E-state index >= 15 is 0 Å². The summed E-state index contributed by atoms with van der Waals surface area (Å²) in [5.74, 6) is 2.38. The Morgan fingerprint density at radius 2 is 1.75 bits per heavy atom. The first-order chi connectivity index (χ1) is 13.6. The van der Waals surface area contributed by atoms with Crippen molar-refractivity contribution in [1.82, 2.24) is 14.9 Å². The molecule has 1 aliphatic heterocycles. The van der Waals surface area contributed by atoms with E-state index in [0.717, 1.165) is 60.2 Å². The van der Waals surface area contributed by atoms with Crippen LogP contribution in [0.15, 0.2) is 42.5 Å². The SMILES string of the molecule is CCOc1ccc2nc(C)nc(Nc3ccc(N4CCN(C)CC4)cc3)c2c1. The number of hydrogen-bond donors (Lipinski definition) is 1. The van der Waals surface area contributed by atoms with Gasteiger partial charge in [-0.2, -0.15) is 0 Å². The normalized spacial score (nSPS) is 15.0. The molecule has 3 aromatic rings. The van der Waals surface area contributed by atoms with Crippen LogP contribution >= 0.6 is 0 Å². The molecule has 4 rings (SSSR count). The molecule has 2 heterocycles. The average molecular weight is 377 g/mol. The van der Waals surface area contributed by atoms with Crippen molar-refractivity contribution in [2.45, 2.75) is 13.8 Å². The second-order valence-electron chi connectivity index (χ2n) is 7.19. The zero-order chi connectivity index (χ0) is 19.5. The Morgan fingerprint density at radius 3 is 2.46 bits per heavy atom. The van der Waals surface area contributed by atoms with E-state index in [-0.39, 0.29) is 0 Å². The van der Waals surface area contributed by atoms with Gasteiger partial charge < -0.3 is 19.9 Å². The number of likely N-dealkylation sites (N-methyl/N-ethyl adjacent to an activating group) is 1. The van der Waals surface area contributed by atoms with Crippen molar-refractivity contribution < 1.29 is 4.74 Å². The molecule has 0 aliphatic carbocycles. The number of aryl methyl sites for hydroxylation is 1. The minimum atomic E-state index is 0.634. The molecular formula is C22H27N5O. The second-order valence-corrected chi connectivity index (χ2v) is 7.19. The predicted molar refractivity (Wildman–Crippen MR) is 115 cm³/mol. The highest BCUT2D eigenvalue weighted by molar-refractivity contribution is 5.92. The van der Waals surface area contributed by atoms with E-state index in [2.05, 4.69) is 56.4 Å². The Hall–Kier alpha value is -2.86. The summed E-state index contributed by atoms with van der Waals surface area (Å²) in [6, 6.07) is 14.5. The van der Waals surface area contributed by atoms with Crippen LogP contribution in [0.3, 0.4) is 0 Å². The molecule has 0 spiro atoms. The van der Waals surface area contributed by atoms with E-state index in [1.54, 1.807) is 0 Å². The Labute approximate surface area is 166 Å². The fourth-order valence-electron chi connectivity index (χ4n) is 3.53. The summed E-state index contributed by atoms with van der Waals surface area (Å²) < 4.78 is 5.65. The summed E-state index contributed by atoms with van der Waals surface area (Å²) in [5, 5.41) is 4.42. The van der Waals surface area contributed by atoms with Gasteiger partial charge in [0, 0.05) is 42.9 Å². The van der Waals surface area contributed by atoms with Gasteiger partial charge in [-0.15, -0.1) is 0 Å². The molecule has 0 amide bonds. The van der Waals surface area contributed by atoms with Crippen LogP contribution < -0.4 is 15.0 Å². The molecule has 0 bridgehead atoms. The van der Waals surface area contributed by atoms with Crippen molar-refractivity contribution in [3.63, 3.8) is 0 Å². The number of piperazine rings is 1. The fourth-order valence-corrected chi connectivity index (χ4v) is 3.53. The quantitative estimate of drug-likeness (QED) is 0.729. The van der Waals surface area contributed by atoms with Crippen molar-refractivity contribution in [2.75, 3.05) is 50.1 Å². The van der Waals surface area contributed by atoms with Crippen LogP contribution in [0.25, 0.3) is 10.9 Å². The van der Waals surface area contributed by atoms with Crippen molar-refractivity contribution >= 4 is 28.1 Å². The lowest BCUT2D eigenvalue weighted by Crippen LogP contribution is -2.44. The summed E-state index contributed by atoms with van der Waals surface area (Å²) in [7, 11) is 2.18. The van der Waals surface area contributed by atoms with E-state index < -0.39 is 0 Å². The van der Waals surface area contributed by atoms with Gasteiger partial charge in [0.15, 0.2) is 0 Å². The highest BCUT2D eigenvalue weighted by Gasteiger charge is 2.14. The Bertz CT molecular complexity index is 949. The minimum absolute atomic E-state index is 0.634. The molecule has 146 valence electrons. The number of hydrogen-bond acceptors (Lipinski definition) is 6. The van der Waals surface area contributed by atoms with Crippen molar-refractivity contribution in [3.05, 3.63) is 48.3 Å². The average Bonchev–Trinajstić information content (AvgIpc) is 2.70. The number of ether oxygens (including phenoxy) is 1. The lowest BCUT2D eigenvalue weighted by atomic mass is 10.2. The molecular weight excluding hydrogens is 350 g/mol. The first kappa shape index (κ1) is 18.5. The van der Waals surface area contributed by atoms with Gasteiger partial charge in [0.1, 0.15) is 17.4 Å². The van der Waals surface area contributed by atoms with Crippen LogP contribution in [-0.4, -0.2) is 54.7 Å². The van der Waals surface area contributed by atoms with Gasteiger partial charge in [-0.3, -0.25) is 0 Å². The fraction of sp³-hybridized carbons (Fsp3) is 0.364. The third-order valence-corrected chi connectivity index (χ3v) is 5.09. The molecule has 6 nitrogen and oxygen atoms in total. The highest BCUT2D eigenvalue weighted by atomic mass is 16.5. The zero-order valence-corrected chi connectivity index (χ0v) is 16.8. The Morgan fingerprint density at radius 1 is 1.00 bits per heavy atom. The molecule has 2 aromatic carbocycles. The number of nitrogens with zero attached hydrogens (tertiary/aromatic N) is 4. The van der Waals surface area contributed by atoms with E-state index in [4.69, 9.17) is 4.74 Å². The van der Waals surface area contributed by atoms with Crippen molar-refractivity contribution in [1.29, 1.82) is 0 Å². The molecule has 0 radical (unpaired) electrons. The van der Waals surface area contributed by atoms with Gasteiger partial charge in [0.05, 0.1) is 12.1 Å². The first-order valence-corrected chi connectivity index (χ1v) is 9.84. The summed E-state index contributed by atoms with van der Waals surface area (Å²) >= 11 is 0. The zero-order valence-electron chi connectivity index (χ0n) is 16.8. The van der Waals surface area contributed by atoms with Crippen LogP contribution in [0.5, 0.6) is 5.75 Å². The number of rotatable bonds is 5. The van der Waals surface area contributed by atoms with Gasteiger partial charge in [-0.1, -0.05) is 0 Å². The van der Waals surface area contributed by atoms with Gasteiger partial charge in [-0.05, 0) is 63.4 Å². The lowest BCUT2D eigenvalue weighted by molar-refractivity contribution is 0.313. The highest BCUT2D eigenvalue weighted by Crippen LogP contribution is 2.28. The predicted octanol–water partition coefficient (Wildman–Crippen LogP) is 3.83. The van der Waals surface area contributed by atoms with Crippen LogP contribution in [0.2, 0.25) is 0 Å². The lowest BCUT2D eigenvalue weighted by Gasteiger charge is -2.34. The van der Waals surface area contributed by atoms with Crippen LogP contribution in [-0.2, 0) is 0 Å². The molecule has 0 unspecified atom stereocenters. The van der Waals surface area contributed by atoms with Crippen molar-refractivity contribution in [2.24, 2.45) is 0 Å². The molecule has 1 aromatic heterocycles. The van der Waals surface area contributed by atoms with Gasteiger partial charge in [0.25, 0.3) is 0 Å². The first-order valence-electron chi connectivity index (χ1n) is 9.84. The second kappa shape index (κ2) is 8.02. The standard InChI is InChI=1S/C22H27N5O/c1-4-28-19-9-10-21-20(15-19)22(24-16(2)23-21)25-17-5-7-18(8-6-17)27-13-11-26(3)12-14-27/h5-10,15H,4,11-14H2,1-3H3,(H,23,24,25). The van der Waals surface area contributed by atoms with Gasteiger partial charge in [-0.25, -0.2) is 9.97 Å². The molecule has 1 N–H and O–H groups in total. The molecule has 1 aliphatic rings. The topological polar surface area (TPSA) is 53.5 Å². The maximum absolute atomic E-state index is 5.65. The third-order valence-electron chi connectivity index (χ3n) is 5.09. The third kappa shape index (κ3) is 4.02. The van der Waals surface area contributed by atoms with E-state index in [0.29, 0.717) is 6.61 Å². The Balaban J connectivity index is 1.58. The molecule has 0 saturated carbocycles. The number of benzene rings is 2. The summed E-state index contributed by atoms with van der Waals surface area (Å²) in [5.41, 5.74) is 3.19. The maximum atomic E-state index is 5.65. The van der Waals surface area contributed by atoms with E-state index in [1.165, 1.54) is 5.69 Å². The molecule has 1 fully saturated rings. The summed E-state index contributed by atoms with van der Waals surface area (Å²) in [6.45, 7) is 8.88.